The van der Waals surface area contributed by atoms with Crippen molar-refractivity contribution in [1.29, 1.82) is 0 Å². The van der Waals surface area contributed by atoms with Crippen molar-refractivity contribution < 1.29 is 4.74 Å². The van der Waals surface area contributed by atoms with Gasteiger partial charge in [0.25, 0.3) is 0 Å². The molecule has 18 heavy (non-hydrogen) atoms. The number of benzene rings is 1. The summed E-state index contributed by atoms with van der Waals surface area (Å²) in [5, 5.41) is 0.746. The SMILES string of the molecule is COc1cccc(C(N)CSc2ncccn2)c1. The molecule has 4 nitrogen and oxygen atoms in total. The van der Waals surface area contributed by atoms with Crippen molar-refractivity contribution in [2.24, 2.45) is 5.73 Å². The third kappa shape index (κ3) is 3.45. The maximum atomic E-state index is 6.13. The summed E-state index contributed by atoms with van der Waals surface area (Å²) >= 11 is 1.55. The lowest BCUT2D eigenvalue weighted by Crippen LogP contribution is -2.13. The van der Waals surface area contributed by atoms with Crippen molar-refractivity contribution in [2.75, 3.05) is 12.9 Å². The predicted molar refractivity (Wildman–Crippen MR) is 72.7 cm³/mol. The van der Waals surface area contributed by atoms with E-state index < -0.39 is 0 Å². The van der Waals surface area contributed by atoms with Gasteiger partial charge in [0, 0.05) is 24.2 Å². The van der Waals surface area contributed by atoms with Gasteiger partial charge < -0.3 is 10.5 Å². The first-order valence-electron chi connectivity index (χ1n) is 5.59. The van der Waals surface area contributed by atoms with Gasteiger partial charge in [0.2, 0.25) is 0 Å². The van der Waals surface area contributed by atoms with Crippen LogP contribution in [0.3, 0.4) is 0 Å². The monoisotopic (exact) mass is 261 g/mol. The lowest BCUT2D eigenvalue weighted by atomic mass is 10.1. The summed E-state index contributed by atoms with van der Waals surface area (Å²) in [5.74, 6) is 1.56. The van der Waals surface area contributed by atoms with Gasteiger partial charge in [0.15, 0.2) is 5.16 Å². The molecule has 0 bridgehead atoms. The van der Waals surface area contributed by atoms with Crippen molar-refractivity contribution in [2.45, 2.75) is 11.2 Å². The highest BCUT2D eigenvalue weighted by Crippen LogP contribution is 2.22. The van der Waals surface area contributed by atoms with Crippen LogP contribution in [0.15, 0.2) is 47.9 Å². The summed E-state index contributed by atoms with van der Waals surface area (Å²) in [5.41, 5.74) is 7.19. The van der Waals surface area contributed by atoms with E-state index in [1.54, 1.807) is 37.3 Å². The van der Waals surface area contributed by atoms with Gasteiger partial charge in [-0.1, -0.05) is 23.9 Å². The molecule has 94 valence electrons. The van der Waals surface area contributed by atoms with E-state index in [0.29, 0.717) is 0 Å². The van der Waals surface area contributed by atoms with Crippen LogP contribution >= 0.6 is 11.8 Å². The third-order valence-electron chi connectivity index (χ3n) is 2.46. The highest BCUT2D eigenvalue weighted by atomic mass is 32.2. The van der Waals surface area contributed by atoms with E-state index in [1.165, 1.54) is 0 Å². The average Bonchev–Trinajstić information content (AvgIpc) is 2.46. The van der Waals surface area contributed by atoms with Crippen LogP contribution in [0.25, 0.3) is 0 Å². The lowest BCUT2D eigenvalue weighted by Gasteiger charge is -2.12. The molecule has 1 unspecified atom stereocenters. The summed E-state index contributed by atoms with van der Waals surface area (Å²) in [4.78, 5) is 8.30. The summed E-state index contributed by atoms with van der Waals surface area (Å²) in [6, 6.07) is 9.54. The van der Waals surface area contributed by atoms with Crippen LogP contribution in [0, 0.1) is 0 Å². The van der Waals surface area contributed by atoms with Crippen molar-refractivity contribution >= 4 is 11.8 Å². The molecule has 0 amide bonds. The molecular formula is C13H15N3OS. The second-order valence-corrected chi connectivity index (χ2v) is 4.71. The van der Waals surface area contributed by atoms with E-state index in [-0.39, 0.29) is 6.04 Å². The Labute approximate surface area is 111 Å². The number of rotatable bonds is 5. The molecule has 0 fully saturated rings. The summed E-state index contributed by atoms with van der Waals surface area (Å²) < 4.78 is 5.18. The molecule has 1 atom stereocenters. The van der Waals surface area contributed by atoms with E-state index in [9.17, 15) is 0 Å². The first-order chi connectivity index (χ1) is 8.79. The topological polar surface area (TPSA) is 61.0 Å². The average molecular weight is 261 g/mol. The zero-order valence-electron chi connectivity index (χ0n) is 10.1. The molecule has 0 spiro atoms. The molecule has 0 aliphatic rings. The van der Waals surface area contributed by atoms with Gasteiger partial charge in [-0.15, -0.1) is 0 Å². The second-order valence-electron chi connectivity index (χ2n) is 3.73. The van der Waals surface area contributed by atoms with Crippen LogP contribution in [0.1, 0.15) is 11.6 Å². The molecule has 0 saturated carbocycles. The van der Waals surface area contributed by atoms with Gasteiger partial charge in [-0.25, -0.2) is 9.97 Å². The smallest absolute Gasteiger partial charge is 0.187 e. The van der Waals surface area contributed by atoms with Crippen LogP contribution in [-0.4, -0.2) is 22.8 Å². The first-order valence-corrected chi connectivity index (χ1v) is 6.57. The Balaban J connectivity index is 1.97. The largest absolute Gasteiger partial charge is 0.497 e. The number of thioether (sulfide) groups is 1. The molecule has 0 aliphatic carbocycles. The number of methoxy groups -OCH3 is 1. The number of hydrogen-bond donors (Lipinski definition) is 1. The minimum absolute atomic E-state index is 0.0612. The van der Waals surface area contributed by atoms with E-state index in [1.807, 2.05) is 24.3 Å². The highest BCUT2D eigenvalue weighted by Gasteiger charge is 2.08. The Morgan fingerprint density at radius 3 is 2.78 bits per heavy atom. The normalized spacial score (nSPS) is 12.1. The van der Waals surface area contributed by atoms with Crippen LogP contribution in [-0.2, 0) is 0 Å². The van der Waals surface area contributed by atoms with Crippen LogP contribution < -0.4 is 10.5 Å². The van der Waals surface area contributed by atoms with Crippen molar-refractivity contribution in [3.63, 3.8) is 0 Å². The maximum Gasteiger partial charge on any atom is 0.187 e. The Kier molecular flexibility index (Phi) is 4.55. The van der Waals surface area contributed by atoms with E-state index in [0.717, 1.165) is 22.2 Å². The Morgan fingerprint density at radius 1 is 1.28 bits per heavy atom. The fourth-order valence-corrected chi connectivity index (χ4v) is 2.28. The number of hydrogen-bond acceptors (Lipinski definition) is 5. The molecule has 2 N–H and O–H groups in total. The predicted octanol–water partition coefficient (Wildman–Crippen LogP) is 2.28. The summed E-state index contributed by atoms with van der Waals surface area (Å²) in [6.07, 6.45) is 3.46. The molecule has 0 saturated heterocycles. The number of nitrogens with zero attached hydrogens (tertiary/aromatic N) is 2. The summed E-state index contributed by atoms with van der Waals surface area (Å²) in [6.45, 7) is 0. The maximum absolute atomic E-state index is 6.13. The van der Waals surface area contributed by atoms with Gasteiger partial charge in [-0.05, 0) is 23.8 Å². The van der Waals surface area contributed by atoms with E-state index in [2.05, 4.69) is 9.97 Å². The van der Waals surface area contributed by atoms with Gasteiger partial charge in [0.1, 0.15) is 5.75 Å². The molecule has 1 heterocycles. The Hall–Kier alpha value is -1.59. The number of ether oxygens (including phenoxy) is 1. The molecule has 1 aromatic heterocycles. The fraction of sp³-hybridized carbons (Fsp3) is 0.231. The molecule has 0 aliphatic heterocycles. The molecule has 5 heteroatoms. The quantitative estimate of drug-likeness (QED) is 0.661. The fourth-order valence-electron chi connectivity index (χ4n) is 1.49. The minimum atomic E-state index is -0.0612. The zero-order chi connectivity index (χ0) is 12.8. The first kappa shape index (κ1) is 12.9. The minimum Gasteiger partial charge on any atom is -0.497 e. The van der Waals surface area contributed by atoms with Crippen LogP contribution in [0.2, 0.25) is 0 Å². The van der Waals surface area contributed by atoms with Crippen LogP contribution in [0.5, 0.6) is 5.75 Å². The van der Waals surface area contributed by atoms with Gasteiger partial charge in [-0.2, -0.15) is 0 Å². The van der Waals surface area contributed by atoms with Gasteiger partial charge in [-0.3, -0.25) is 0 Å². The van der Waals surface area contributed by atoms with Crippen molar-refractivity contribution in [3.8, 4) is 5.75 Å². The summed E-state index contributed by atoms with van der Waals surface area (Å²) in [7, 11) is 1.65. The van der Waals surface area contributed by atoms with Gasteiger partial charge in [0.05, 0.1) is 7.11 Å². The standard InChI is InChI=1S/C13H15N3OS/c1-17-11-5-2-4-10(8-11)12(14)9-18-13-15-6-3-7-16-13/h2-8,12H,9,14H2,1H3. The molecular weight excluding hydrogens is 246 g/mol. The second kappa shape index (κ2) is 6.37. The van der Waals surface area contributed by atoms with Gasteiger partial charge >= 0.3 is 0 Å². The van der Waals surface area contributed by atoms with Crippen molar-refractivity contribution in [3.05, 3.63) is 48.3 Å². The van der Waals surface area contributed by atoms with Crippen LogP contribution in [0.4, 0.5) is 0 Å². The Bertz CT molecular complexity index is 493. The molecule has 2 rings (SSSR count). The Morgan fingerprint density at radius 2 is 2.06 bits per heavy atom. The molecule has 0 radical (unpaired) electrons. The number of nitrogens with two attached hydrogens (primary N) is 1. The molecule has 2 aromatic rings. The third-order valence-corrected chi connectivity index (χ3v) is 3.45. The lowest BCUT2D eigenvalue weighted by molar-refractivity contribution is 0.414. The molecule has 1 aromatic carbocycles. The number of aromatic nitrogens is 2. The highest BCUT2D eigenvalue weighted by molar-refractivity contribution is 7.99. The van der Waals surface area contributed by atoms with E-state index >= 15 is 0 Å². The zero-order valence-corrected chi connectivity index (χ0v) is 10.9. The van der Waals surface area contributed by atoms with Crippen molar-refractivity contribution in [1.82, 2.24) is 9.97 Å². The van der Waals surface area contributed by atoms with E-state index in [4.69, 9.17) is 10.5 Å².